The summed E-state index contributed by atoms with van der Waals surface area (Å²) in [4.78, 5) is 26.1. The van der Waals surface area contributed by atoms with Crippen LogP contribution in [0.4, 0.5) is 11.4 Å². The van der Waals surface area contributed by atoms with Crippen LogP contribution >= 0.6 is 46.4 Å². The van der Waals surface area contributed by atoms with Gasteiger partial charge in [-0.05, 0) is 42.8 Å². The Hall–Kier alpha value is -1.72. The fourth-order valence-electron chi connectivity index (χ4n) is 2.38. The van der Waals surface area contributed by atoms with E-state index in [0.29, 0.717) is 20.8 Å². The van der Waals surface area contributed by atoms with Gasteiger partial charge >= 0.3 is 0 Å². The van der Waals surface area contributed by atoms with Gasteiger partial charge in [0.15, 0.2) is 0 Å². The number of carbonyl (C=O) groups excluding carboxylic acids is 2. The molecule has 4 nitrogen and oxygen atoms in total. The molecule has 8 heteroatoms. The molecular formula is C17H10Cl4N2O2. The van der Waals surface area contributed by atoms with E-state index in [0.717, 1.165) is 10.5 Å². The third kappa shape index (κ3) is 3.48. The number of benzene rings is 2. The summed E-state index contributed by atoms with van der Waals surface area (Å²) in [7, 11) is 0. The van der Waals surface area contributed by atoms with Crippen molar-refractivity contribution in [1.29, 1.82) is 0 Å². The number of nitrogens with zero attached hydrogens (tertiary/aromatic N) is 1. The van der Waals surface area contributed by atoms with E-state index in [1.807, 2.05) is 6.92 Å². The Morgan fingerprint density at radius 3 is 2.12 bits per heavy atom. The van der Waals surface area contributed by atoms with Crippen LogP contribution in [0.2, 0.25) is 15.1 Å². The summed E-state index contributed by atoms with van der Waals surface area (Å²) in [6.45, 7) is 1.84. The fourth-order valence-corrected chi connectivity index (χ4v) is 3.28. The fraction of sp³-hybridized carbons (Fsp3) is 0.0588. The molecule has 2 aromatic carbocycles. The van der Waals surface area contributed by atoms with Crippen molar-refractivity contribution in [3.05, 3.63) is 67.8 Å². The minimum Gasteiger partial charge on any atom is -0.349 e. The Bertz CT molecular complexity index is 920. The van der Waals surface area contributed by atoms with Gasteiger partial charge in [0.1, 0.15) is 10.7 Å². The minimum atomic E-state index is -0.660. The van der Waals surface area contributed by atoms with Crippen molar-refractivity contribution in [2.75, 3.05) is 10.2 Å². The number of halogens is 4. The molecule has 0 radical (unpaired) electrons. The molecule has 0 saturated heterocycles. The standard InChI is InChI=1S/C17H10Cl4N2O2/c1-8-2-3-9(18)7-13(8)22-15-14(21)16(24)23(17(15)25)12-5-10(19)4-11(20)6-12/h2-7,22H,1H3. The number of anilines is 2. The lowest BCUT2D eigenvalue weighted by molar-refractivity contribution is -0.120. The maximum Gasteiger partial charge on any atom is 0.283 e. The summed E-state index contributed by atoms with van der Waals surface area (Å²) in [5.74, 6) is -1.26. The highest BCUT2D eigenvalue weighted by Gasteiger charge is 2.39. The first kappa shape index (κ1) is 18.1. The lowest BCUT2D eigenvalue weighted by Crippen LogP contribution is -2.32. The van der Waals surface area contributed by atoms with Crippen molar-refractivity contribution in [3.63, 3.8) is 0 Å². The first-order valence-electron chi connectivity index (χ1n) is 7.06. The van der Waals surface area contributed by atoms with Crippen LogP contribution in [0.5, 0.6) is 0 Å². The molecule has 2 aromatic rings. The molecule has 128 valence electrons. The zero-order valence-corrected chi connectivity index (χ0v) is 15.8. The normalized spacial score (nSPS) is 14.5. The number of rotatable bonds is 3. The van der Waals surface area contributed by atoms with Crippen LogP contribution in [-0.2, 0) is 9.59 Å². The van der Waals surface area contributed by atoms with Gasteiger partial charge < -0.3 is 5.32 Å². The van der Waals surface area contributed by atoms with E-state index >= 15 is 0 Å². The van der Waals surface area contributed by atoms with Crippen molar-refractivity contribution in [2.24, 2.45) is 0 Å². The van der Waals surface area contributed by atoms with Gasteiger partial charge in [-0.3, -0.25) is 9.59 Å². The summed E-state index contributed by atoms with van der Waals surface area (Å²) in [5.41, 5.74) is 1.62. The first-order valence-corrected chi connectivity index (χ1v) is 8.57. The van der Waals surface area contributed by atoms with Crippen molar-refractivity contribution >= 4 is 69.6 Å². The molecule has 1 aliphatic rings. The number of hydrogen-bond acceptors (Lipinski definition) is 3. The van der Waals surface area contributed by atoms with E-state index in [1.165, 1.54) is 18.2 Å². The molecule has 0 fully saturated rings. The van der Waals surface area contributed by atoms with Crippen LogP contribution < -0.4 is 10.2 Å². The maximum atomic E-state index is 12.7. The number of amides is 2. The molecule has 0 bridgehead atoms. The van der Waals surface area contributed by atoms with E-state index < -0.39 is 11.8 Å². The van der Waals surface area contributed by atoms with Crippen molar-refractivity contribution in [1.82, 2.24) is 0 Å². The molecule has 0 saturated carbocycles. The molecule has 0 aromatic heterocycles. The second-order valence-corrected chi connectivity index (χ2v) is 7.03. The number of nitrogens with one attached hydrogen (secondary N) is 1. The minimum absolute atomic E-state index is 0.0341. The topological polar surface area (TPSA) is 49.4 Å². The average molecular weight is 416 g/mol. The average Bonchev–Trinajstić information content (AvgIpc) is 2.73. The van der Waals surface area contributed by atoms with Gasteiger partial charge in [0.05, 0.1) is 5.69 Å². The van der Waals surface area contributed by atoms with Gasteiger partial charge in [-0.15, -0.1) is 0 Å². The smallest absolute Gasteiger partial charge is 0.283 e. The van der Waals surface area contributed by atoms with E-state index in [1.54, 1.807) is 18.2 Å². The van der Waals surface area contributed by atoms with Crippen molar-refractivity contribution < 1.29 is 9.59 Å². The van der Waals surface area contributed by atoms with Crippen molar-refractivity contribution in [3.8, 4) is 0 Å². The van der Waals surface area contributed by atoms with E-state index in [-0.39, 0.29) is 16.4 Å². The Morgan fingerprint density at radius 1 is 0.840 bits per heavy atom. The summed E-state index contributed by atoms with van der Waals surface area (Å²) in [5, 5.41) is 3.75. The quantitative estimate of drug-likeness (QED) is 0.683. The second-order valence-electron chi connectivity index (χ2n) is 5.35. The largest absolute Gasteiger partial charge is 0.349 e. The van der Waals surface area contributed by atoms with Gasteiger partial charge in [-0.25, -0.2) is 4.90 Å². The van der Waals surface area contributed by atoms with Crippen molar-refractivity contribution in [2.45, 2.75) is 6.92 Å². The Morgan fingerprint density at radius 2 is 1.48 bits per heavy atom. The Labute approximate surface area is 163 Å². The molecule has 3 rings (SSSR count). The molecule has 1 heterocycles. The van der Waals surface area contributed by atoms with Crippen LogP contribution in [0.15, 0.2) is 47.1 Å². The molecule has 0 unspecified atom stereocenters. The maximum absolute atomic E-state index is 12.7. The predicted molar refractivity (Wildman–Crippen MR) is 102 cm³/mol. The monoisotopic (exact) mass is 414 g/mol. The SMILES string of the molecule is Cc1ccc(Cl)cc1NC1=C(Cl)C(=O)N(c2cc(Cl)cc(Cl)c2)C1=O. The van der Waals surface area contributed by atoms with E-state index in [4.69, 9.17) is 46.4 Å². The third-order valence-corrected chi connectivity index (χ3v) is 4.61. The highest BCUT2D eigenvalue weighted by molar-refractivity contribution is 6.53. The van der Waals surface area contributed by atoms with Gasteiger partial charge in [-0.2, -0.15) is 0 Å². The summed E-state index contributed by atoms with van der Waals surface area (Å²) in [6.07, 6.45) is 0. The molecular weight excluding hydrogens is 406 g/mol. The highest BCUT2D eigenvalue weighted by Crippen LogP contribution is 2.34. The molecule has 0 spiro atoms. The number of aryl methyl sites for hydroxylation is 1. The molecule has 0 atom stereocenters. The van der Waals surface area contributed by atoms with Crippen LogP contribution in [0.25, 0.3) is 0 Å². The van der Waals surface area contributed by atoms with Crippen LogP contribution in [0.3, 0.4) is 0 Å². The van der Waals surface area contributed by atoms with E-state index in [9.17, 15) is 9.59 Å². The molecule has 1 N–H and O–H groups in total. The summed E-state index contributed by atoms with van der Waals surface area (Å²) < 4.78 is 0. The zero-order chi connectivity index (χ0) is 18.3. The molecule has 25 heavy (non-hydrogen) atoms. The van der Waals surface area contributed by atoms with Crippen LogP contribution in [0.1, 0.15) is 5.56 Å². The zero-order valence-electron chi connectivity index (χ0n) is 12.7. The molecule has 0 aliphatic carbocycles. The molecule has 1 aliphatic heterocycles. The number of carbonyl (C=O) groups is 2. The molecule has 2 amide bonds. The first-order chi connectivity index (χ1) is 11.8. The Kier molecular flexibility index (Phi) is 4.98. The van der Waals surface area contributed by atoms with Crippen LogP contribution in [0, 0.1) is 6.92 Å². The number of hydrogen-bond donors (Lipinski definition) is 1. The Balaban J connectivity index is 1.98. The lowest BCUT2D eigenvalue weighted by atomic mass is 10.2. The van der Waals surface area contributed by atoms with E-state index in [2.05, 4.69) is 5.32 Å². The predicted octanol–water partition coefficient (Wildman–Crippen LogP) is 5.39. The van der Waals surface area contributed by atoms with Crippen LogP contribution in [-0.4, -0.2) is 11.8 Å². The summed E-state index contributed by atoms with van der Waals surface area (Å²) >= 11 is 24.0. The lowest BCUT2D eigenvalue weighted by Gasteiger charge is -2.16. The number of imide groups is 1. The summed E-state index contributed by atoms with van der Waals surface area (Å²) in [6, 6.07) is 9.57. The van der Waals surface area contributed by atoms with Gasteiger partial charge in [0.2, 0.25) is 0 Å². The van der Waals surface area contributed by atoms with Gasteiger partial charge in [-0.1, -0.05) is 52.5 Å². The third-order valence-electron chi connectivity index (χ3n) is 3.59. The second kappa shape index (κ2) is 6.89. The highest BCUT2D eigenvalue weighted by atomic mass is 35.5. The van der Waals surface area contributed by atoms with Gasteiger partial charge in [0, 0.05) is 20.8 Å². The van der Waals surface area contributed by atoms with Gasteiger partial charge in [0.25, 0.3) is 11.8 Å².